The van der Waals surface area contributed by atoms with Crippen LogP contribution >= 0.6 is 12.6 Å². The van der Waals surface area contributed by atoms with E-state index in [9.17, 15) is 4.79 Å². The molecular formula is C12H14O2S. The van der Waals surface area contributed by atoms with Crippen molar-refractivity contribution < 1.29 is 9.90 Å². The normalized spacial score (nSPS) is 10.8. The highest BCUT2D eigenvalue weighted by atomic mass is 32.1. The van der Waals surface area contributed by atoms with Crippen LogP contribution in [0.4, 0.5) is 0 Å². The van der Waals surface area contributed by atoms with Crippen molar-refractivity contribution in [1.29, 1.82) is 0 Å². The van der Waals surface area contributed by atoms with Crippen LogP contribution in [0.15, 0.2) is 24.3 Å². The molecule has 0 heterocycles. The predicted octanol–water partition coefficient (Wildman–Crippen LogP) is 3.03. The van der Waals surface area contributed by atoms with E-state index in [0.29, 0.717) is 5.56 Å². The van der Waals surface area contributed by atoms with Gasteiger partial charge in [-0.15, -0.1) is 0 Å². The summed E-state index contributed by atoms with van der Waals surface area (Å²) in [7, 11) is 0. The maximum Gasteiger partial charge on any atom is 0.335 e. The van der Waals surface area contributed by atoms with E-state index < -0.39 is 5.97 Å². The monoisotopic (exact) mass is 222 g/mol. The Hall–Kier alpha value is -1.22. The molecule has 0 aliphatic carbocycles. The third-order valence-electron chi connectivity index (χ3n) is 2.10. The summed E-state index contributed by atoms with van der Waals surface area (Å²) in [5, 5.41) is 8.93. The molecule has 0 amide bonds. The van der Waals surface area contributed by atoms with Crippen molar-refractivity contribution in [2.45, 2.75) is 13.3 Å². The number of carboxylic acids is 1. The van der Waals surface area contributed by atoms with Crippen molar-refractivity contribution in [3.63, 3.8) is 0 Å². The minimum atomic E-state index is -0.878. The fourth-order valence-corrected chi connectivity index (χ4v) is 1.42. The summed E-state index contributed by atoms with van der Waals surface area (Å²) in [5.41, 5.74) is 2.07. The Bertz CT molecular complexity index is 383. The first-order valence-electron chi connectivity index (χ1n) is 4.76. The molecule has 0 spiro atoms. The Morgan fingerprint density at radius 1 is 1.53 bits per heavy atom. The highest BCUT2D eigenvalue weighted by Crippen LogP contribution is 2.12. The van der Waals surface area contributed by atoms with Gasteiger partial charge >= 0.3 is 5.97 Å². The molecule has 0 atom stereocenters. The highest BCUT2D eigenvalue weighted by molar-refractivity contribution is 7.80. The molecule has 0 saturated heterocycles. The Morgan fingerprint density at radius 2 is 2.27 bits per heavy atom. The number of aryl methyl sites for hydroxylation is 1. The number of rotatable bonds is 4. The van der Waals surface area contributed by atoms with Gasteiger partial charge < -0.3 is 5.11 Å². The van der Waals surface area contributed by atoms with E-state index in [0.717, 1.165) is 23.3 Å². The van der Waals surface area contributed by atoms with Crippen LogP contribution in [0.25, 0.3) is 6.08 Å². The largest absolute Gasteiger partial charge is 0.478 e. The van der Waals surface area contributed by atoms with Gasteiger partial charge in [-0.25, -0.2) is 4.79 Å². The van der Waals surface area contributed by atoms with Crippen LogP contribution in [0.3, 0.4) is 0 Å². The average Bonchev–Trinajstić information content (AvgIpc) is 2.20. The van der Waals surface area contributed by atoms with Crippen molar-refractivity contribution >= 4 is 24.7 Å². The first kappa shape index (κ1) is 11.9. The first-order valence-corrected chi connectivity index (χ1v) is 5.39. The molecule has 0 unspecified atom stereocenters. The quantitative estimate of drug-likeness (QED) is 0.768. The third-order valence-corrected chi connectivity index (χ3v) is 2.36. The van der Waals surface area contributed by atoms with Gasteiger partial charge in [-0.1, -0.05) is 24.3 Å². The van der Waals surface area contributed by atoms with E-state index in [2.05, 4.69) is 12.6 Å². The fraction of sp³-hybridized carbons (Fsp3) is 0.250. The summed E-state index contributed by atoms with van der Waals surface area (Å²) in [5.74, 6) is -0.0781. The molecule has 0 radical (unpaired) electrons. The number of allylic oxidation sites excluding steroid dienone is 1. The second-order valence-electron chi connectivity index (χ2n) is 3.29. The predicted molar refractivity (Wildman–Crippen MR) is 65.6 cm³/mol. The van der Waals surface area contributed by atoms with Gasteiger partial charge in [0, 0.05) is 0 Å². The Kier molecular flexibility index (Phi) is 4.43. The molecule has 1 aromatic rings. The molecule has 0 bridgehead atoms. The lowest BCUT2D eigenvalue weighted by molar-refractivity contribution is 0.0696. The Labute approximate surface area is 95.0 Å². The molecule has 0 aliphatic heterocycles. The lowest BCUT2D eigenvalue weighted by atomic mass is 10.0. The minimum Gasteiger partial charge on any atom is -0.478 e. The zero-order valence-electron chi connectivity index (χ0n) is 8.60. The number of carboxylic acid groups (broad SMARTS) is 1. The van der Waals surface area contributed by atoms with Gasteiger partial charge in [-0.2, -0.15) is 12.6 Å². The number of carbonyl (C=O) groups is 1. The molecule has 0 fully saturated rings. The van der Waals surface area contributed by atoms with Gasteiger partial charge in [0.25, 0.3) is 0 Å². The molecule has 2 nitrogen and oxygen atoms in total. The van der Waals surface area contributed by atoms with E-state index in [1.54, 1.807) is 13.0 Å². The molecule has 0 saturated carbocycles. The number of aromatic carboxylic acids is 1. The van der Waals surface area contributed by atoms with Crippen molar-refractivity contribution in [2.75, 3.05) is 5.75 Å². The summed E-state index contributed by atoms with van der Waals surface area (Å²) in [6.45, 7) is 1.80. The summed E-state index contributed by atoms with van der Waals surface area (Å²) in [6.07, 6.45) is 4.80. The Balaban J connectivity index is 2.92. The SMILES string of the molecule is Cc1ccc(C=CCCS)cc1C(=O)O. The van der Waals surface area contributed by atoms with Crippen LogP contribution in [0, 0.1) is 6.92 Å². The molecule has 3 heteroatoms. The van der Waals surface area contributed by atoms with Crippen LogP contribution in [0.5, 0.6) is 0 Å². The van der Waals surface area contributed by atoms with E-state index in [4.69, 9.17) is 5.11 Å². The molecule has 1 aromatic carbocycles. The second kappa shape index (κ2) is 5.61. The number of hydrogen-bond acceptors (Lipinski definition) is 2. The summed E-state index contributed by atoms with van der Waals surface area (Å²) in [6, 6.07) is 5.42. The fourth-order valence-electron chi connectivity index (χ4n) is 1.27. The smallest absolute Gasteiger partial charge is 0.335 e. The molecule has 1 N–H and O–H groups in total. The van der Waals surface area contributed by atoms with Crippen molar-refractivity contribution in [1.82, 2.24) is 0 Å². The standard InChI is InChI=1S/C12H14O2S/c1-9-5-6-10(4-2-3-7-15)8-11(9)12(13)14/h2,4-6,8,15H,3,7H2,1H3,(H,13,14). The number of thiol groups is 1. The van der Waals surface area contributed by atoms with Crippen LogP contribution in [0.1, 0.15) is 27.9 Å². The van der Waals surface area contributed by atoms with Gasteiger partial charge in [0.05, 0.1) is 5.56 Å². The lowest BCUT2D eigenvalue weighted by Crippen LogP contribution is -1.99. The summed E-state index contributed by atoms with van der Waals surface area (Å²) in [4.78, 5) is 10.9. The van der Waals surface area contributed by atoms with Crippen LogP contribution in [-0.2, 0) is 0 Å². The number of benzene rings is 1. The maximum atomic E-state index is 10.9. The van der Waals surface area contributed by atoms with Gasteiger partial charge in [0.15, 0.2) is 0 Å². The molecular weight excluding hydrogens is 208 g/mol. The minimum absolute atomic E-state index is 0.364. The Morgan fingerprint density at radius 3 is 2.87 bits per heavy atom. The maximum absolute atomic E-state index is 10.9. The molecule has 0 aliphatic rings. The van der Waals surface area contributed by atoms with E-state index in [1.165, 1.54) is 0 Å². The first-order chi connectivity index (χ1) is 7.15. The van der Waals surface area contributed by atoms with Crippen molar-refractivity contribution in [2.24, 2.45) is 0 Å². The van der Waals surface area contributed by atoms with Gasteiger partial charge in [0.2, 0.25) is 0 Å². The van der Waals surface area contributed by atoms with Crippen molar-refractivity contribution in [3.05, 3.63) is 41.0 Å². The molecule has 15 heavy (non-hydrogen) atoms. The van der Waals surface area contributed by atoms with Gasteiger partial charge in [0.1, 0.15) is 0 Å². The average molecular weight is 222 g/mol. The molecule has 1 rings (SSSR count). The van der Waals surface area contributed by atoms with Crippen molar-refractivity contribution in [3.8, 4) is 0 Å². The topological polar surface area (TPSA) is 37.3 Å². The van der Waals surface area contributed by atoms with E-state index >= 15 is 0 Å². The van der Waals surface area contributed by atoms with E-state index in [-0.39, 0.29) is 0 Å². The number of hydrogen-bond donors (Lipinski definition) is 2. The molecule has 80 valence electrons. The van der Waals surface area contributed by atoms with Gasteiger partial charge in [-0.05, 0) is 36.3 Å². The third kappa shape index (κ3) is 3.44. The zero-order chi connectivity index (χ0) is 11.3. The van der Waals surface area contributed by atoms with Crippen LogP contribution < -0.4 is 0 Å². The zero-order valence-corrected chi connectivity index (χ0v) is 9.50. The highest BCUT2D eigenvalue weighted by Gasteiger charge is 2.06. The second-order valence-corrected chi connectivity index (χ2v) is 3.74. The van der Waals surface area contributed by atoms with E-state index in [1.807, 2.05) is 24.3 Å². The van der Waals surface area contributed by atoms with Crippen LogP contribution in [0.2, 0.25) is 0 Å². The van der Waals surface area contributed by atoms with Gasteiger partial charge in [-0.3, -0.25) is 0 Å². The molecule has 0 aromatic heterocycles. The summed E-state index contributed by atoms with van der Waals surface area (Å²) < 4.78 is 0. The summed E-state index contributed by atoms with van der Waals surface area (Å²) >= 11 is 4.09. The van der Waals surface area contributed by atoms with Crippen LogP contribution in [-0.4, -0.2) is 16.8 Å². The lowest BCUT2D eigenvalue weighted by Gasteiger charge is -2.01.